The molecule has 0 aromatic rings. The van der Waals surface area contributed by atoms with E-state index in [0.717, 1.165) is 0 Å². The zero-order chi connectivity index (χ0) is 15.3. The minimum absolute atomic E-state index is 0.178. The number of carbonyl (C=O) groups excluding carboxylic acids is 2. The summed E-state index contributed by atoms with van der Waals surface area (Å²) in [5.74, 6) is -0.895. The van der Waals surface area contributed by atoms with Crippen LogP contribution >= 0.6 is 0 Å². The highest BCUT2D eigenvalue weighted by Crippen LogP contribution is 2.20. The SMILES string of the molecule is CC(=O)N[C@@H]1[C@H](O)[C@@H](NC(C)=O)C(O)O[C@H]1CN=[N+]=[N-]. The Balaban J connectivity index is 2.91. The van der Waals surface area contributed by atoms with Crippen molar-refractivity contribution in [3.05, 3.63) is 10.4 Å². The highest BCUT2D eigenvalue weighted by atomic mass is 16.6. The zero-order valence-corrected chi connectivity index (χ0v) is 11.1. The maximum absolute atomic E-state index is 11.2. The summed E-state index contributed by atoms with van der Waals surface area (Å²) in [5, 5.41) is 28.0. The fourth-order valence-corrected chi connectivity index (χ4v) is 2.04. The summed E-state index contributed by atoms with van der Waals surface area (Å²) in [5.41, 5.74) is 8.30. The van der Waals surface area contributed by atoms with Crippen LogP contribution in [-0.4, -0.2) is 59.2 Å². The molecule has 20 heavy (non-hydrogen) atoms. The third-order valence-corrected chi connectivity index (χ3v) is 2.82. The van der Waals surface area contributed by atoms with Crippen LogP contribution in [0.5, 0.6) is 0 Å². The standard InChI is InChI=1S/C10H17N5O5/c1-4(16)13-7-6(3-12-15-11)20-10(19)8(9(7)18)14-5(2)17/h6-10,18-19H,3H2,1-2H3,(H,13,16)(H,14,17)/t6-,7-,8+,9-,10?/m0/s1. The molecule has 0 aromatic carbocycles. The summed E-state index contributed by atoms with van der Waals surface area (Å²) in [7, 11) is 0. The molecule has 2 amide bonds. The van der Waals surface area contributed by atoms with Crippen LogP contribution in [0.1, 0.15) is 13.8 Å². The molecular weight excluding hydrogens is 270 g/mol. The van der Waals surface area contributed by atoms with Crippen molar-refractivity contribution in [1.82, 2.24) is 10.6 Å². The monoisotopic (exact) mass is 287 g/mol. The van der Waals surface area contributed by atoms with Gasteiger partial charge >= 0.3 is 0 Å². The summed E-state index contributed by atoms with van der Waals surface area (Å²) in [6, 6.07) is -2.01. The number of hydrogen-bond acceptors (Lipinski definition) is 6. The van der Waals surface area contributed by atoms with Crippen molar-refractivity contribution < 1.29 is 24.5 Å². The van der Waals surface area contributed by atoms with Crippen LogP contribution in [0.2, 0.25) is 0 Å². The van der Waals surface area contributed by atoms with E-state index >= 15 is 0 Å². The van der Waals surface area contributed by atoms with E-state index in [2.05, 4.69) is 20.7 Å². The molecule has 1 unspecified atom stereocenters. The van der Waals surface area contributed by atoms with Crippen molar-refractivity contribution in [3.8, 4) is 0 Å². The average molecular weight is 287 g/mol. The van der Waals surface area contributed by atoms with Crippen molar-refractivity contribution >= 4 is 11.8 Å². The first kappa shape index (κ1) is 16.2. The van der Waals surface area contributed by atoms with E-state index in [1.165, 1.54) is 13.8 Å². The number of carbonyl (C=O) groups is 2. The number of ether oxygens (including phenoxy) is 1. The lowest BCUT2D eigenvalue weighted by Gasteiger charge is -2.42. The number of nitrogens with one attached hydrogen (secondary N) is 2. The van der Waals surface area contributed by atoms with Crippen molar-refractivity contribution in [1.29, 1.82) is 0 Å². The molecule has 112 valence electrons. The normalized spacial score (nSPS) is 32.9. The van der Waals surface area contributed by atoms with Gasteiger partial charge in [-0.15, -0.1) is 0 Å². The predicted molar refractivity (Wildman–Crippen MR) is 66.1 cm³/mol. The summed E-state index contributed by atoms with van der Waals surface area (Å²) < 4.78 is 5.19. The van der Waals surface area contributed by atoms with Crippen molar-refractivity contribution in [2.45, 2.75) is 44.4 Å². The molecule has 1 rings (SSSR count). The Bertz CT molecular complexity index is 424. The molecule has 1 heterocycles. The zero-order valence-electron chi connectivity index (χ0n) is 11.1. The van der Waals surface area contributed by atoms with Crippen LogP contribution in [-0.2, 0) is 14.3 Å². The van der Waals surface area contributed by atoms with Crippen molar-refractivity contribution in [2.24, 2.45) is 5.11 Å². The van der Waals surface area contributed by atoms with Gasteiger partial charge in [0.05, 0.1) is 18.7 Å². The second kappa shape index (κ2) is 7.06. The maximum Gasteiger partial charge on any atom is 0.217 e. The topological polar surface area (TPSA) is 157 Å². The number of aliphatic hydroxyl groups excluding tert-OH is 2. The molecule has 4 N–H and O–H groups in total. The summed E-state index contributed by atoms with van der Waals surface area (Å²) in [4.78, 5) is 24.8. The van der Waals surface area contributed by atoms with Crippen LogP contribution in [0.25, 0.3) is 10.4 Å². The van der Waals surface area contributed by atoms with Crippen LogP contribution in [0.4, 0.5) is 0 Å². The number of azide groups is 1. The predicted octanol–water partition coefficient (Wildman–Crippen LogP) is -1.62. The van der Waals surface area contributed by atoms with Crippen LogP contribution in [0.15, 0.2) is 5.11 Å². The number of hydrogen-bond donors (Lipinski definition) is 4. The van der Waals surface area contributed by atoms with E-state index in [0.29, 0.717) is 0 Å². The lowest BCUT2D eigenvalue weighted by atomic mass is 9.94. The van der Waals surface area contributed by atoms with Gasteiger partial charge in [0.1, 0.15) is 12.1 Å². The van der Waals surface area contributed by atoms with Gasteiger partial charge < -0.3 is 25.6 Å². The minimum atomic E-state index is -1.47. The Morgan fingerprint density at radius 3 is 2.30 bits per heavy atom. The molecule has 1 saturated heterocycles. The van der Waals surface area contributed by atoms with Gasteiger partial charge in [0.25, 0.3) is 0 Å². The average Bonchev–Trinajstić information content (AvgIpc) is 2.35. The molecule has 0 bridgehead atoms. The highest BCUT2D eigenvalue weighted by Gasteiger charge is 2.45. The van der Waals surface area contributed by atoms with E-state index in [9.17, 15) is 19.8 Å². The van der Waals surface area contributed by atoms with E-state index in [1.807, 2.05) is 0 Å². The van der Waals surface area contributed by atoms with Gasteiger partial charge in [-0.25, -0.2) is 0 Å². The summed E-state index contributed by atoms with van der Waals surface area (Å²) >= 11 is 0. The number of rotatable bonds is 4. The van der Waals surface area contributed by atoms with Gasteiger partial charge in [-0.1, -0.05) is 5.11 Å². The minimum Gasteiger partial charge on any atom is -0.389 e. The highest BCUT2D eigenvalue weighted by molar-refractivity contribution is 5.74. The van der Waals surface area contributed by atoms with Gasteiger partial charge in [0, 0.05) is 18.8 Å². The van der Waals surface area contributed by atoms with Crippen LogP contribution in [0.3, 0.4) is 0 Å². The second-order valence-corrected chi connectivity index (χ2v) is 4.42. The molecule has 1 aliphatic rings. The molecule has 0 saturated carbocycles. The summed E-state index contributed by atoms with van der Waals surface area (Å²) in [6.07, 6.45) is -3.66. The van der Waals surface area contributed by atoms with Gasteiger partial charge in [0.2, 0.25) is 11.8 Å². The van der Waals surface area contributed by atoms with E-state index in [-0.39, 0.29) is 6.54 Å². The van der Waals surface area contributed by atoms with Gasteiger partial charge in [-0.2, -0.15) is 0 Å². The first-order valence-corrected chi connectivity index (χ1v) is 5.93. The molecule has 0 radical (unpaired) electrons. The fraction of sp³-hybridized carbons (Fsp3) is 0.800. The third kappa shape index (κ3) is 4.07. The van der Waals surface area contributed by atoms with Crippen LogP contribution < -0.4 is 10.6 Å². The Morgan fingerprint density at radius 2 is 1.80 bits per heavy atom. The quantitative estimate of drug-likeness (QED) is 0.278. The lowest BCUT2D eigenvalue weighted by Crippen LogP contribution is -2.68. The maximum atomic E-state index is 11.2. The largest absolute Gasteiger partial charge is 0.389 e. The Morgan fingerprint density at radius 1 is 1.25 bits per heavy atom. The van der Waals surface area contributed by atoms with Crippen LogP contribution in [0, 0.1) is 0 Å². The molecule has 10 nitrogen and oxygen atoms in total. The lowest BCUT2D eigenvalue weighted by molar-refractivity contribution is -0.216. The molecule has 0 spiro atoms. The van der Waals surface area contributed by atoms with Gasteiger partial charge in [0.15, 0.2) is 6.29 Å². The van der Waals surface area contributed by atoms with E-state index in [1.54, 1.807) is 0 Å². The summed E-state index contributed by atoms with van der Waals surface area (Å²) in [6.45, 7) is 2.29. The van der Waals surface area contributed by atoms with Gasteiger partial charge in [-0.05, 0) is 5.53 Å². The molecule has 10 heteroatoms. The first-order chi connectivity index (χ1) is 9.36. The number of nitrogens with zero attached hydrogens (tertiary/aromatic N) is 3. The molecular formula is C10H17N5O5. The number of amides is 2. The second-order valence-electron chi connectivity index (χ2n) is 4.42. The Labute approximate surface area is 114 Å². The van der Waals surface area contributed by atoms with Gasteiger partial charge in [-0.3, -0.25) is 9.59 Å². The smallest absolute Gasteiger partial charge is 0.217 e. The third-order valence-electron chi connectivity index (χ3n) is 2.82. The van der Waals surface area contributed by atoms with E-state index in [4.69, 9.17) is 10.3 Å². The molecule has 0 aromatic heterocycles. The Hall–Kier alpha value is -1.87. The molecule has 1 aliphatic heterocycles. The Kier molecular flexibility index (Phi) is 5.71. The fourth-order valence-electron chi connectivity index (χ4n) is 2.04. The molecule has 1 fully saturated rings. The van der Waals surface area contributed by atoms with E-state index < -0.39 is 42.4 Å². The van der Waals surface area contributed by atoms with Crippen molar-refractivity contribution in [2.75, 3.05) is 6.54 Å². The van der Waals surface area contributed by atoms with Crippen molar-refractivity contribution in [3.63, 3.8) is 0 Å². The number of aliphatic hydroxyl groups is 2. The molecule has 0 aliphatic carbocycles. The molecule has 5 atom stereocenters. The first-order valence-electron chi connectivity index (χ1n) is 5.93.